The van der Waals surface area contributed by atoms with Crippen molar-refractivity contribution in [2.24, 2.45) is 0 Å². The summed E-state index contributed by atoms with van der Waals surface area (Å²) in [4.78, 5) is 0. The first kappa shape index (κ1) is 21.0. The highest BCUT2D eigenvalue weighted by atomic mass is 16.5. The second-order valence-corrected chi connectivity index (χ2v) is 10.3. The topological polar surface area (TPSA) is 35.4 Å². The Morgan fingerprint density at radius 1 is 0.865 bits per heavy atom. The van der Waals surface area contributed by atoms with Crippen molar-refractivity contribution in [2.75, 3.05) is 5.32 Å². The van der Waals surface area contributed by atoms with Crippen molar-refractivity contribution >= 4 is 22.3 Å². The molecule has 3 heterocycles. The molecule has 2 unspecified atom stereocenters. The molecule has 3 aromatic carbocycles. The Hall–Kier alpha value is -4.18. The number of anilines is 1. The van der Waals surface area contributed by atoms with Crippen molar-refractivity contribution in [3.05, 3.63) is 108 Å². The predicted octanol–water partition coefficient (Wildman–Crippen LogP) is 7.89. The summed E-state index contributed by atoms with van der Waals surface area (Å²) in [5.74, 6) is 2.22. The molecular weight excluding hydrogens is 456 g/mol. The Kier molecular flexibility index (Phi) is 4.63. The third-order valence-corrected chi connectivity index (χ3v) is 8.21. The van der Waals surface area contributed by atoms with Gasteiger partial charge in [0.05, 0.1) is 16.8 Å². The van der Waals surface area contributed by atoms with E-state index in [-0.39, 0.29) is 12.3 Å². The lowest BCUT2D eigenvalue weighted by atomic mass is 9.82. The van der Waals surface area contributed by atoms with Gasteiger partial charge in [0.25, 0.3) is 0 Å². The van der Waals surface area contributed by atoms with Crippen LogP contribution in [0.25, 0.3) is 27.7 Å². The molecule has 0 spiro atoms. The number of allylic oxidation sites excluding steroid dienone is 4. The molecule has 4 aliphatic rings. The van der Waals surface area contributed by atoms with Crippen LogP contribution in [0.3, 0.4) is 0 Å². The van der Waals surface area contributed by atoms with E-state index in [1.165, 1.54) is 33.2 Å². The lowest BCUT2D eigenvalue weighted by molar-refractivity contribution is 0.198. The van der Waals surface area contributed by atoms with Crippen LogP contribution in [0.2, 0.25) is 0 Å². The number of nitrogens with zero attached hydrogens (tertiary/aromatic N) is 1. The molecule has 0 bridgehead atoms. The van der Waals surface area contributed by atoms with Gasteiger partial charge in [-0.1, -0.05) is 66.7 Å². The van der Waals surface area contributed by atoms with E-state index in [1.807, 2.05) is 18.2 Å². The number of para-hydroxylation sites is 3. The largest absolute Gasteiger partial charge is 0.470 e. The van der Waals surface area contributed by atoms with Crippen molar-refractivity contribution in [3.63, 3.8) is 0 Å². The fraction of sp³-hybridized carbons (Fsp3) is 0.212. The molecule has 8 rings (SSSR count). The Morgan fingerprint density at radius 2 is 1.73 bits per heavy atom. The van der Waals surface area contributed by atoms with Crippen molar-refractivity contribution in [3.8, 4) is 22.8 Å². The van der Waals surface area contributed by atoms with Crippen LogP contribution in [0.1, 0.15) is 37.2 Å². The van der Waals surface area contributed by atoms with Gasteiger partial charge in [-0.05, 0) is 72.7 Å². The Morgan fingerprint density at radius 3 is 2.70 bits per heavy atom. The van der Waals surface area contributed by atoms with E-state index in [2.05, 4.69) is 88.8 Å². The number of ether oxygens (including phenoxy) is 2. The lowest BCUT2D eigenvalue weighted by Crippen LogP contribution is -2.26. The quantitative estimate of drug-likeness (QED) is 0.294. The third kappa shape index (κ3) is 3.21. The van der Waals surface area contributed by atoms with Gasteiger partial charge >= 0.3 is 0 Å². The van der Waals surface area contributed by atoms with E-state index in [9.17, 15) is 0 Å². The molecule has 0 radical (unpaired) electrons. The first-order valence-corrected chi connectivity index (χ1v) is 13.3. The molecule has 4 nitrogen and oxygen atoms in total. The average Bonchev–Trinajstić information content (AvgIpc) is 3.49. The molecule has 2 aliphatic carbocycles. The summed E-state index contributed by atoms with van der Waals surface area (Å²) < 4.78 is 15.6. The van der Waals surface area contributed by atoms with Gasteiger partial charge in [-0.3, -0.25) is 4.57 Å². The number of nitrogens with one attached hydrogen (secondary N) is 1. The maximum Gasteiger partial charge on any atom is 0.207 e. The zero-order valence-electron chi connectivity index (χ0n) is 20.6. The minimum atomic E-state index is -0.145. The highest BCUT2D eigenvalue weighted by molar-refractivity contribution is 6.03. The van der Waals surface area contributed by atoms with Crippen LogP contribution in [0.5, 0.6) is 11.6 Å². The summed E-state index contributed by atoms with van der Waals surface area (Å²) in [6, 6.07) is 25.8. The number of fused-ring (bicyclic) bond motifs is 8. The molecule has 37 heavy (non-hydrogen) atoms. The fourth-order valence-corrected chi connectivity index (χ4v) is 6.51. The van der Waals surface area contributed by atoms with Gasteiger partial charge in [-0.25, -0.2) is 0 Å². The molecule has 1 aromatic heterocycles. The van der Waals surface area contributed by atoms with Crippen molar-refractivity contribution in [2.45, 2.75) is 43.9 Å². The zero-order chi connectivity index (χ0) is 24.3. The molecule has 4 aromatic rings. The SMILES string of the molecule is C1=CC2Oc3c(c4ccccc4n3C3=CCCC([C@H]4Nc5ccccc5O4)=C3)-c3ccccc3C2CC1. The molecule has 4 heteroatoms. The van der Waals surface area contributed by atoms with Crippen LogP contribution >= 0.6 is 0 Å². The lowest BCUT2D eigenvalue weighted by Gasteiger charge is -2.28. The molecule has 1 N–H and O–H groups in total. The van der Waals surface area contributed by atoms with Crippen LogP contribution in [0.15, 0.2) is 103 Å². The highest BCUT2D eigenvalue weighted by Crippen LogP contribution is 2.50. The standard InChI is InChI=1S/C33H28N2O2/c1-2-14-25-23(12-1)24-13-4-7-18-29(24)37-33-31(25)26-15-3-6-17-28(26)35(33)22-11-9-10-21(20-22)32-34-27-16-5-8-19-30(27)36-32/h1-3,5-8,11-12,14-20,24,29,32,34H,4,9-10,13H2/t24?,29?,32-/m0/s1. The first-order chi connectivity index (χ1) is 18.3. The molecule has 3 atom stereocenters. The van der Waals surface area contributed by atoms with Crippen LogP contribution in [0.4, 0.5) is 5.69 Å². The summed E-state index contributed by atoms with van der Waals surface area (Å²) >= 11 is 0. The highest BCUT2D eigenvalue weighted by Gasteiger charge is 2.35. The van der Waals surface area contributed by atoms with Gasteiger partial charge in [0, 0.05) is 17.0 Å². The van der Waals surface area contributed by atoms with Crippen LogP contribution in [0, 0.1) is 0 Å². The number of rotatable bonds is 2. The smallest absolute Gasteiger partial charge is 0.207 e. The van der Waals surface area contributed by atoms with Crippen molar-refractivity contribution in [1.82, 2.24) is 4.57 Å². The number of hydrogen-bond donors (Lipinski definition) is 1. The van der Waals surface area contributed by atoms with Gasteiger partial charge in [0.2, 0.25) is 5.88 Å². The second kappa shape index (κ2) is 8.17. The molecule has 2 aliphatic heterocycles. The van der Waals surface area contributed by atoms with Crippen LogP contribution < -0.4 is 14.8 Å². The van der Waals surface area contributed by atoms with Gasteiger partial charge in [0.1, 0.15) is 11.9 Å². The summed E-state index contributed by atoms with van der Waals surface area (Å²) in [5, 5.41) is 4.80. The second-order valence-electron chi connectivity index (χ2n) is 10.3. The zero-order valence-corrected chi connectivity index (χ0v) is 20.6. The average molecular weight is 485 g/mol. The monoisotopic (exact) mass is 484 g/mol. The van der Waals surface area contributed by atoms with E-state index in [4.69, 9.17) is 9.47 Å². The predicted molar refractivity (Wildman–Crippen MR) is 149 cm³/mol. The van der Waals surface area contributed by atoms with Gasteiger partial charge in [-0.15, -0.1) is 0 Å². The Labute approximate surface area is 216 Å². The van der Waals surface area contributed by atoms with Crippen molar-refractivity contribution in [1.29, 1.82) is 0 Å². The fourth-order valence-electron chi connectivity index (χ4n) is 6.51. The summed E-state index contributed by atoms with van der Waals surface area (Å²) in [5.41, 5.74) is 8.53. The minimum absolute atomic E-state index is 0.0289. The Balaban J connectivity index is 1.30. The molecule has 0 saturated carbocycles. The van der Waals surface area contributed by atoms with E-state index in [0.717, 1.165) is 48.7 Å². The van der Waals surface area contributed by atoms with Gasteiger partial charge < -0.3 is 14.8 Å². The number of hydrogen-bond acceptors (Lipinski definition) is 3. The molecule has 0 fully saturated rings. The summed E-state index contributed by atoms with van der Waals surface area (Å²) in [6.07, 6.45) is 13.2. The Bertz CT molecular complexity index is 1610. The van der Waals surface area contributed by atoms with E-state index in [0.29, 0.717) is 5.92 Å². The first-order valence-electron chi connectivity index (χ1n) is 13.3. The summed E-state index contributed by atoms with van der Waals surface area (Å²) in [6.45, 7) is 0. The van der Waals surface area contributed by atoms with Gasteiger partial charge in [0.15, 0.2) is 6.23 Å². The van der Waals surface area contributed by atoms with E-state index >= 15 is 0 Å². The number of aromatic nitrogens is 1. The molecule has 0 amide bonds. The molecule has 0 saturated heterocycles. The third-order valence-electron chi connectivity index (χ3n) is 8.21. The van der Waals surface area contributed by atoms with Crippen LogP contribution in [-0.2, 0) is 0 Å². The normalized spacial score (nSPS) is 23.3. The minimum Gasteiger partial charge on any atom is -0.470 e. The van der Waals surface area contributed by atoms with Crippen molar-refractivity contribution < 1.29 is 9.47 Å². The molecule has 182 valence electrons. The van der Waals surface area contributed by atoms with Gasteiger partial charge in [-0.2, -0.15) is 0 Å². The van der Waals surface area contributed by atoms with E-state index < -0.39 is 0 Å². The maximum absolute atomic E-state index is 6.98. The molecular formula is C33H28N2O2. The number of benzene rings is 3. The van der Waals surface area contributed by atoms with Crippen LogP contribution in [-0.4, -0.2) is 16.9 Å². The van der Waals surface area contributed by atoms with E-state index in [1.54, 1.807) is 0 Å². The maximum atomic E-state index is 6.98. The summed E-state index contributed by atoms with van der Waals surface area (Å²) in [7, 11) is 0.